The van der Waals surface area contributed by atoms with Crippen molar-refractivity contribution >= 4 is 35.3 Å². The molecule has 32 heavy (non-hydrogen) atoms. The predicted octanol–water partition coefficient (Wildman–Crippen LogP) is 2.03. The van der Waals surface area contributed by atoms with Gasteiger partial charge in [0.1, 0.15) is 6.04 Å². The summed E-state index contributed by atoms with van der Waals surface area (Å²) in [5, 5.41) is 7.11. The van der Waals surface area contributed by atoms with Gasteiger partial charge in [-0.2, -0.15) is 0 Å². The Kier molecular flexibility index (Phi) is 5.48. The van der Waals surface area contributed by atoms with Crippen molar-refractivity contribution in [2.24, 2.45) is 0 Å². The van der Waals surface area contributed by atoms with E-state index in [4.69, 9.17) is 0 Å². The van der Waals surface area contributed by atoms with E-state index in [1.807, 2.05) is 19.9 Å². The molecule has 0 aliphatic carbocycles. The molecule has 164 valence electrons. The summed E-state index contributed by atoms with van der Waals surface area (Å²) < 4.78 is 0. The molecule has 0 aromatic heterocycles. The third kappa shape index (κ3) is 3.96. The highest BCUT2D eigenvalue weighted by molar-refractivity contribution is 6.15. The summed E-state index contributed by atoms with van der Waals surface area (Å²) >= 11 is 0. The standard InChI is InChI=1S/C23H22N4O5/c1-12-6-7-15(10-13(12)2)24-23(32)26-20(29)16-5-3-4-14-11-27(22(31)19(14)16)17-8-9-18(28)25-21(17)30/h3-7,10,17H,8-9,11H2,1-2H3,(H,25,28,30)(H2,24,26,29,32). The van der Waals surface area contributed by atoms with Gasteiger partial charge in [-0.3, -0.25) is 29.8 Å². The molecular weight excluding hydrogens is 412 g/mol. The molecule has 6 amide bonds. The van der Waals surface area contributed by atoms with Gasteiger partial charge in [0.15, 0.2) is 0 Å². The lowest BCUT2D eigenvalue weighted by Crippen LogP contribution is -2.52. The minimum Gasteiger partial charge on any atom is -0.322 e. The molecule has 1 saturated heterocycles. The molecule has 0 bridgehead atoms. The van der Waals surface area contributed by atoms with Crippen LogP contribution in [0.25, 0.3) is 0 Å². The number of urea groups is 1. The van der Waals surface area contributed by atoms with E-state index < -0.39 is 29.8 Å². The number of benzene rings is 2. The molecule has 1 atom stereocenters. The summed E-state index contributed by atoms with van der Waals surface area (Å²) in [4.78, 5) is 63.2. The van der Waals surface area contributed by atoms with Crippen LogP contribution in [0.4, 0.5) is 10.5 Å². The molecular formula is C23H22N4O5. The molecule has 3 N–H and O–H groups in total. The highest BCUT2D eigenvalue weighted by Gasteiger charge is 2.40. The van der Waals surface area contributed by atoms with Gasteiger partial charge in [0.05, 0.1) is 11.1 Å². The van der Waals surface area contributed by atoms with Gasteiger partial charge in [-0.1, -0.05) is 18.2 Å². The van der Waals surface area contributed by atoms with Crippen molar-refractivity contribution in [3.63, 3.8) is 0 Å². The van der Waals surface area contributed by atoms with Gasteiger partial charge in [-0.15, -0.1) is 0 Å². The van der Waals surface area contributed by atoms with Crippen molar-refractivity contribution < 1.29 is 24.0 Å². The number of carbonyl (C=O) groups excluding carboxylic acids is 5. The fraction of sp³-hybridized carbons (Fsp3) is 0.261. The second-order valence-electron chi connectivity index (χ2n) is 7.95. The monoisotopic (exact) mass is 434 g/mol. The Morgan fingerprint density at radius 2 is 1.84 bits per heavy atom. The minimum absolute atomic E-state index is 0.0533. The molecule has 2 aromatic rings. The van der Waals surface area contributed by atoms with Crippen molar-refractivity contribution in [3.8, 4) is 0 Å². The van der Waals surface area contributed by atoms with E-state index in [0.29, 0.717) is 11.3 Å². The maximum atomic E-state index is 13.1. The average molecular weight is 434 g/mol. The molecule has 2 aliphatic heterocycles. The molecule has 4 rings (SSSR count). The van der Waals surface area contributed by atoms with Gasteiger partial charge in [0.2, 0.25) is 11.8 Å². The Bertz CT molecular complexity index is 1170. The summed E-state index contributed by atoms with van der Waals surface area (Å²) in [6, 6.07) is 8.67. The Morgan fingerprint density at radius 1 is 1.06 bits per heavy atom. The Labute approximate surface area is 184 Å². The highest BCUT2D eigenvalue weighted by atomic mass is 16.2. The van der Waals surface area contributed by atoms with E-state index in [0.717, 1.165) is 11.1 Å². The second-order valence-corrected chi connectivity index (χ2v) is 7.95. The molecule has 2 aromatic carbocycles. The van der Waals surface area contributed by atoms with Gasteiger partial charge in [0, 0.05) is 18.7 Å². The van der Waals surface area contributed by atoms with Crippen LogP contribution in [0.1, 0.15) is 50.2 Å². The molecule has 0 radical (unpaired) electrons. The summed E-state index contributed by atoms with van der Waals surface area (Å²) in [6.07, 6.45) is 0.368. The van der Waals surface area contributed by atoms with Crippen LogP contribution in [0.3, 0.4) is 0 Å². The van der Waals surface area contributed by atoms with Crippen LogP contribution in [0.5, 0.6) is 0 Å². The Hall–Kier alpha value is -4.01. The van der Waals surface area contributed by atoms with Crippen molar-refractivity contribution in [3.05, 3.63) is 64.2 Å². The third-order valence-corrected chi connectivity index (χ3v) is 5.79. The number of amides is 6. The summed E-state index contributed by atoms with van der Waals surface area (Å²) in [6.45, 7) is 4.01. The van der Waals surface area contributed by atoms with Crippen LogP contribution in [-0.2, 0) is 16.1 Å². The fourth-order valence-electron chi connectivity index (χ4n) is 3.96. The lowest BCUT2D eigenvalue weighted by atomic mass is 10.0. The molecule has 9 heteroatoms. The first kappa shape index (κ1) is 21.2. The van der Waals surface area contributed by atoms with Gasteiger partial charge in [-0.05, 0) is 55.2 Å². The first-order valence-corrected chi connectivity index (χ1v) is 10.2. The SMILES string of the molecule is Cc1ccc(NC(=O)NC(=O)c2cccc3c2C(=O)N(C2CCC(=O)NC2=O)C3)cc1C. The summed E-state index contributed by atoms with van der Waals surface area (Å²) in [5.41, 5.74) is 3.41. The van der Waals surface area contributed by atoms with E-state index in [2.05, 4.69) is 16.0 Å². The number of rotatable bonds is 3. The largest absolute Gasteiger partial charge is 0.326 e. The van der Waals surface area contributed by atoms with Gasteiger partial charge in [0.25, 0.3) is 11.8 Å². The van der Waals surface area contributed by atoms with E-state index in [-0.39, 0.29) is 36.4 Å². The fourth-order valence-corrected chi connectivity index (χ4v) is 3.96. The second kappa shape index (κ2) is 8.26. The normalized spacial score (nSPS) is 17.6. The van der Waals surface area contributed by atoms with Crippen molar-refractivity contribution in [1.29, 1.82) is 0 Å². The van der Waals surface area contributed by atoms with Crippen LogP contribution in [0.2, 0.25) is 0 Å². The molecule has 0 spiro atoms. The van der Waals surface area contributed by atoms with E-state index in [1.54, 1.807) is 24.3 Å². The van der Waals surface area contributed by atoms with Crippen LogP contribution in [-0.4, -0.2) is 40.6 Å². The Balaban J connectivity index is 1.50. The quantitative estimate of drug-likeness (QED) is 0.638. The van der Waals surface area contributed by atoms with Crippen molar-refractivity contribution in [1.82, 2.24) is 15.5 Å². The maximum absolute atomic E-state index is 13.1. The lowest BCUT2D eigenvalue weighted by molar-refractivity contribution is -0.136. The first-order chi connectivity index (χ1) is 15.2. The van der Waals surface area contributed by atoms with Crippen LogP contribution >= 0.6 is 0 Å². The van der Waals surface area contributed by atoms with Gasteiger partial charge < -0.3 is 10.2 Å². The molecule has 9 nitrogen and oxygen atoms in total. The van der Waals surface area contributed by atoms with Crippen molar-refractivity contribution in [2.45, 2.75) is 39.3 Å². The Morgan fingerprint density at radius 3 is 2.56 bits per heavy atom. The number of anilines is 1. The number of fused-ring (bicyclic) bond motifs is 1. The number of nitrogens with zero attached hydrogens (tertiary/aromatic N) is 1. The molecule has 1 unspecified atom stereocenters. The molecule has 2 aliphatic rings. The summed E-state index contributed by atoms with van der Waals surface area (Å²) in [7, 11) is 0. The zero-order valence-corrected chi connectivity index (χ0v) is 17.7. The molecule has 1 fully saturated rings. The maximum Gasteiger partial charge on any atom is 0.326 e. The van der Waals surface area contributed by atoms with E-state index in [9.17, 15) is 24.0 Å². The zero-order chi connectivity index (χ0) is 23.0. The number of aryl methyl sites for hydroxylation is 2. The third-order valence-electron chi connectivity index (χ3n) is 5.79. The summed E-state index contributed by atoms with van der Waals surface area (Å²) in [5.74, 6) is -2.09. The number of piperidine rings is 1. The molecule has 2 heterocycles. The first-order valence-electron chi connectivity index (χ1n) is 10.2. The number of carbonyl (C=O) groups is 5. The van der Waals surface area contributed by atoms with E-state index in [1.165, 1.54) is 11.0 Å². The highest BCUT2D eigenvalue weighted by Crippen LogP contribution is 2.29. The van der Waals surface area contributed by atoms with Gasteiger partial charge in [-0.25, -0.2) is 4.79 Å². The predicted molar refractivity (Wildman–Crippen MR) is 115 cm³/mol. The van der Waals surface area contributed by atoms with E-state index >= 15 is 0 Å². The van der Waals surface area contributed by atoms with Crippen LogP contribution < -0.4 is 16.0 Å². The number of hydrogen-bond donors (Lipinski definition) is 3. The topological polar surface area (TPSA) is 125 Å². The number of nitrogens with one attached hydrogen (secondary N) is 3. The van der Waals surface area contributed by atoms with Crippen LogP contribution in [0.15, 0.2) is 36.4 Å². The lowest BCUT2D eigenvalue weighted by Gasteiger charge is -2.29. The number of imide groups is 2. The smallest absolute Gasteiger partial charge is 0.322 e. The van der Waals surface area contributed by atoms with Crippen LogP contribution in [0, 0.1) is 13.8 Å². The molecule has 0 saturated carbocycles. The zero-order valence-electron chi connectivity index (χ0n) is 17.7. The number of hydrogen-bond acceptors (Lipinski definition) is 5. The van der Waals surface area contributed by atoms with Crippen molar-refractivity contribution in [2.75, 3.05) is 5.32 Å². The van der Waals surface area contributed by atoms with Gasteiger partial charge >= 0.3 is 6.03 Å². The minimum atomic E-state index is -0.781. The average Bonchev–Trinajstić information content (AvgIpc) is 3.07.